The number of aryl methyl sites for hydroxylation is 1. The lowest BCUT2D eigenvalue weighted by molar-refractivity contribution is 0.414. The highest BCUT2D eigenvalue weighted by Gasteiger charge is 2.03. The summed E-state index contributed by atoms with van der Waals surface area (Å²) >= 11 is 3.51. The second-order valence-corrected chi connectivity index (χ2v) is 4.33. The van der Waals surface area contributed by atoms with Gasteiger partial charge in [0.05, 0.1) is 7.11 Å². The normalized spacial score (nSPS) is 12.6. The molecule has 1 unspecified atom stereocenters. The van der Waals surface area contributed by atoms with Gasteiger partial charge < -0.3 is 10.5 Å². The molecule has 0 radical (unpaired) electrons. The Labute approximate surface area is 93.6 Å². The molecule has 0 aliphatic rings. The molecule has 1 atom stereocenters. The Morgan fingerprint density at radius 2 is 2.21 bits per heavy atom. The smallest absolute Gasteiger partial charge is 0.119 e. The van der Waals surface area contributed by atoms with Crippen molar-refractivity contribution in [1.82, 2.24) is 0 Å². The lowest BCUT2D eigenvalue weighted by Crippen LogP contribution is -2.15. The van der Waals surface area contributed by atoms with Crippen molar-refractivity contribution >= 4 is 15.9 Å². The summed E-state index contributed by atoms with van der Waals surface area (Å²) in [6, 6.07) is 6.24. The highest BCUT2D eigenvalue weighted by atomic mass is 79.9. The molecule has 1 aromatic carbocycles. The molecule has 14 heavy (non-hydrogen) atoms. The van der Waals surface area contributed by atoms with E-state index in [-0.39, 0.29) is 6.04 Å². The minimum atomic E-state index is 0.244. The van der Waals surface area contributed by atoms with Crippen LogP contribution in [0.1, 0.15) is 18.9 Å². The van der Waals surface area contributed by atoms with Crippen molar-refractivity contribution in [3.63, 3.8) is 0 Å². The van der Waals surface area contributed by atoms with Crippen molar-refractivity contribution in [1.29, 1.82) is 0 Å². The van der Waals surface area contributed by atoms with Crippen molar-refractivity contribution in [2.24, 2.45) is 5.73 Å². The van der Waals surface area contributed by atoms with E-state index in [2.05, 4.69) is 15.9 Å². The predicted octanol–water partition coefficient (Wildman–Crippen LogP) is 2.74. The molecule has 0 saturated carbocycles. The van der Waals surface area contributed by atoms with Gasteiger partial charge in [0.15, 0.2) is 0 Å². The zero-order valence-electron chi connectivity index (χ0n) is 8.59. The highest BCUT2D eigenvalue weighted by molar-refractivity contribution is 9.10. The third-order valence-corrected chi connectivity index (χ3v) is 2.90. The topological polar surface area (TPSA) is 35.2 Å². The monoisotopic (exact) mass is 257 g/mol. The molecule has 1 aromatic rings. The molecule has 0 spiro atoms. The first-order valence-electron chi connectivity index (χ1n) is 4.71. The highest BCUT2D eigenvalue weighted by Crippen LogP contribution is 2.23. The van der Waals surface area contributed by atoms with Gasteiger partial charge in [0, 0.05) is 10.5 Å². The number of rotatable bonds is 4. The van der Waals surface area contributed by atoms with Gasteiger partial charge in [-0.25, -0.2) is 0 Å². The van der Waals surface area contributed by atoms with Crippen LogP contribution in [0.4, 0.5) is 0 Å². The zero-order chi connectivity index (χ0) is 10.6. The third-order valence-electron chi connectivity index (χ3n) is 2.12. The van der Waals surface area contributed by atoms with Crippen molar-refractivity contribution in [2.45, 2.75) is 25.8 Å². The maximum atomic E-state index is 5.71. The fourth-order valence-electron chi connectivity index (χ4n) is 1.25. The largest absolute Gasteiger partial charge is 0.497 e. The van der Waals surface area contributed by atoms with Gasteiger partial charge in [0.25, 0.3) is 0 Å². The van der Waals surface area contributed by atoms with Crippen LogP contribution in [0.5, 0.6) is 5.75 Å². The van der Waals surface area contributed by atoms with Crippen LogP contribution in [-0.2, 0) is 6.42 Å². The first-order valence-corrected chi connectivity index (χ1v) is 5.50. The molecule has 78 valence electrons. The van der Waals surface area contributed by atoms with Gasteiger partial charge in [0.2, 0.25) is 0 Å². The van der Waals surface area contributed by atoms with Crippen molar-refractivity contribution in [3.8, 4) is 5.75 Å². The molecule has 3 heteroatoms. The fourth-order valence-corrected chi connectivity index (χ4v) is 1.70. The Morgan fingerprint density at radius 3 is 2.79 bits per heavy atom. The molecule has 0 fully saturated rings. The van der Waals surface area contributed by atoms with Crippen LogP contribution in [0.15, 0.2) is 22.7 Å². The minimum absolute atomic E-state index is 0.244. The molecular weight excluding hydrogens is 242 g/mol. The fraction of sp³-hybridized carbons (Fsp3) is 0.455. The number of hydrogen-bond donors (Lipinski definition) is 1. The summed E-state index contributed by atoms with van der Waals surface area (Å²) < 4.78 is 6.29. The van der Waals surface area contributed by atoms with Crippen LogP contribution in [0.2, 0.25) is 0 Å². The van der Waals surface area contributed by atoms with Gasteiger partial charge in [-0.15, -0.1) is 0 Å². The number of benzene rings is 1. The van der Waals surface area contributed by atoms with E-state index in [0.29, 0.717) is 0 Å². The number of ether oxygens (including phenoxy) is 1. The number of methoxy groups -OCH3 is 1. The molecule has 1 rings (SSSR count). The average Bonchev–Trinajstić information content (AvgIpc) is 2.16. The van der Waals surface area contributed by atoms with E-state index in [9.17, 15) is 0 Å². The molecule has 0 aromatic heterocycles. The van der Waals surface area contributed by atoms with Crippen molar-refractivity contribution in [2.75, 3.05) is 7.11 Å². The third kappa shape index (κ3) is 3.31. The van der Waals surface area contributed by atoms with E-state index in [0.717, 1.165) is 23.1 Å². The van der Waals surface area contributed by atoms with Crippen molar-refractivity contribution < 1.29 is 4.74 Å². The average molecular weight is 258 g/mol. The Balaban J connectivity index is 2.73. The van der Waals surface area contributed by atoms with Crippen LogP contribution in [0.3, 0.4) is 0 Å². The SMILES string of the molecule is COc1ccc(Br)c(CCC(C)N)c1. The number of nitrogens with two attached hydrogens (primary N) is 1. The Morgan fingerprint density at radius 1 is 1.50 bits per heavy atom. The molecule has 2 N–H and O–H groups in total. The lowest BCUT2D eigenvalue weighted by atomic mass is 10.1. The maximum Gasteiger partial charge on any atom is 0.119 e. The summed E-state index contributed by atoms with van der Waals surface area (Å²) in [5, 5.41) is 0. The molecule has 0 aliphatic carbocycles. The Kier molecular flexibility index (Phi) is 4.42. The Hall–Kier alpha value is -0.540. The summed E-state index contributed by atoms with van der Waals surface area (Å²) in [5.74, 6) is 0.896. The molecule has 0 bridgehead atoms. The van der Waals surface area contributed by atoms with E-state index in [1.807, 2.05) is 25.1 Å². The van der Waals surface area contributed by atoms with E-state index in [1.54, 1.807) is 7.11 Å². The summed E-state index contributed by atoms with van der Waals surface area (Å²) in [5.41, 5.74) is 6.97. The van der Waals surface area contributed by atoms with Crippen LogP contribution in [0.25, 0.3) is 0 Å². The standard InChI is InChI=1S/C11H16BrNO/c1-8(13)3-4-9-7-10(14-2)5-6-11(9)12/h5-8H,3-4,13H2,1-2H3. The molecule has 0 aliphatic heterocycles. The van der Waals surface area contributed by atoms with Gasteiger partial charge in [-0.2, -0.15) is 0 Å². The van der Waals surface area contributed by atoms with E-state index >= 15 is 0 Å². The molecule has 0 amide bonds. The Bertz CT molecular complexity index is 299. The van der Waals surface area contributed by atoms with E-state index in [4.69, 9.17) is 10.5 Å². The van der Waals surface area contributed by atoms with Crippen LogP contribution < -0.4 is 10.5 Å². The van der Waals surface area contributed by atoms with Gasteiger partial charge in [0.1, 0.15) is 5.75 Å². The molecular formula is C11H16BrNO. The van der Waals surface area contributed by atoms with E-state index < -0.39 is 0 Å². The van der Waals surface area contributed by atoms with Gasteiger partial charge in [-0.05, 0) is 43.5 Å². The van der Waals surface area contributed by atoms with Gasteiger partial charge in [-0.1, -0.05) is 15.9 Å². The molecule has 0 saturated heterocycles. The van der Waals surface area contributed by atoms with Gasteiger partial charge in [-0.3, -0.25) is 0 Å². The van der Waals surface area contributed by atoms with E-state index in [1.165, 1.54) is 5.56 Å². The van der Waals surface area contributed by atoms with Gasteiger partial charge >= 0.3 is 0 Å². The first-order chi connectivity index (χ1) is 6.63. The summed E-state index contributed by atoms with van der Waals surface area (Å²) in [6.07, 6.45) is 1.97. The quantitative estimate of drug-likeness (QED) is 0.901. The van der Waals surface area contributed by atoms with Crippen LogP contribution in [-0.4, -0.2) is 13.2 Å². The molecule has 2 nitrogen and oxygen atoms in total. The zero-order valence-corrected chi connectivity index (χ0v) is 10.2. The summed E-state index contributed by atoms with van der Waals surface area (Å²) in [4.78, 5) is 0. The maximum absolute atomic E-state index is 5.71. The van der Waals surface area contributed by atoms with Crippen LogP contribution in [0, 0.1) is 0 Å². The number of hydrogen-bond acceptors (Lipinski definition) is 2. The lowest BCUT2D eigenvalue weighted by Gasteiger charge is -2.08. The second kappa shape index (κ2) is 5.37. The first kappa shape index (κ1) is 11.5. The summed E-state index contributed by atoms with van der Waals surface area (Å²) in [7, 11) is 1.68. The van der Waals surface area contributed by atoms with Crippen LogP contribution >= 0.6 is 15.9 Å². The predicted molar refractivity (Wildman–Crippen MR) is 62.7 cm³/mol. The second-order valence-electron chi connectivity index (χ2n) is 3.47. The summed E-state index contributed by atoms with van der Waals surface area (Å²) in [6.45, 7) is 2.02. The number of halogens is 1. The molecule has 0 heterocycles. The minimum Gasteiger partial charge on any atom is -0.497 e. The van der Waals surface area contributed by atoms with Crippen molar-refractivity contribution in [3.05, 3.63) is 28.2 Å².